The molecule has 0 aliphatic rings. The number of nitrogens with zero attached hydrogens (tertiary/aromatic N) is 1. The van der Waals surface area contributed by atoms with Crippen molar-refractivity contribution in [1.82, 2.24) is 15.6 Å². The van der Waals surface area contributed by atoms with Crippen LogP contribution >= 0.6 is 11.6 Å². The first kappa shape index (κ1) is 17.9. The second-order valence-corrected chi connectivity index (χ2v) is 5.93. The molecule has 5 nitrogen and oxygen atoms in total. The van der Waals surface area contributed by atoms with Crippen molar-refractivity contribution in [3.05, 3.63) is 63.9 Å². The summed E-state index contributed by atoms with van der Waals surface area (Å²) in [4.78, 5) is 28.1. The van der Waals surface area contributed by atoms with Crippen LogP contribution in [0.5, 0.6) is 0 Å². The molecule has 126 valence electrons. The Kier molecular flexibility index (Phi) is 6.32. The molecular weight excluding hydrogens is 326 g/mol. The Morgan fingerprint density at radius 3 is 2.58 bits per heavy atom. The molecule has 1 aromatic heterocycles. The van der Waals surface area contributed by atoms with Crippen molar-refractivity contribution < 1.29 is 9.59 Å². The smallest absolute Gasteiger partial charge is 0.252 e. The van der Waals surface area contributed by atoms with Crippen LogP contribution in [0.15, 0.2) is 36.5 Å². The molecule has 0 spiro atoms. The largest absolute Gasteiger partial charge is 0.351 e. The van der Waals surface area contributed by atoms with Gasteiger partial charge in [-0.2, -0.15) is 0 Å². The summed E-state index contributed by atoms with van der Waals surface area (Å²) in [5, 5.41) is 5.89. The van der Waals surface area contributed by atoms with Gasteiger partial charge in [-0.1, -0.05) is 17.7 Å². The number of hydrogen-bond donors (Lipinski definition) is 2. The van der Waals surface area contributed by atoms with Gasteiger partial charge in [0.1, 0.15) is 0 Å². The lowest BCUT2D eigenvalue weighted by molar-refractivity contribution is -0.121. The molecule has 0 saturated carbocycles. The molecule has 1 aromatic carbocycles. The maximum Gasteiger partial charge on any atom is 0.252 e. The maximum absolute atomic E-state index is 12.2. The van der Waals surface area contributed by atoms with E-state index in [0.717, 1.165) is 16.8 Å². The summed E-state index contributed by atoms with van der Waals surface area (Å²) in [5.74, 6) is -0.423. The number of pyridine rings is 1. The van der Waals surface area contributed by atoms with Crippen molar-refractivity contribution in [3.8, 4) is 0 Å². The molecule has 0 atom stereocenters. The molecule has 0 radical (unpaired) electrons. The topological polar surface area (TPSA) is 71.1 Å². The summed E-state index contributed by atoms with van der Waals surface area (Å²) in [6.07, 6.45) is 1.87. The fourth-order valence-electron chi connectivity index (χ4n) is 2.12. The highest BCUT2D eigenvalue weighted by Gasteiger charge is 2.12. The van der Waals surface area contributed by atoms with Gasteiger partial charge in [-0.15, -0.1) is 0 Å². The molecule has 24 heavy (non-hydrogen) atoms. The maximum atomic E-state index is 12.2. The van der Waals surface area contributed by atoms with Gasteiger partial charge in [-0.3, -0.25) is 14.6 Å². The number of carbonyl (C=O) groups excluding carboxylic acids is 2. The summed E-state index contributed by atoms with van der Waals surface area (Å²) >= 11 is 6.11. The van der Waals surface area contributed by atoms with Gasteiger partial charge >= 0.3 is 0 Å². The van der Waals surface area contributed by atoms with E-state index in [1.165, 1.54) is 0 Å². The average molecular weight is 346 g/mol. The molecule has 2 aromatic rings. The van der Waals surface area contributed by atoms with Crippen LogP contribution in [0, 0.1) is 13.8 Å². The molecule has 0 unspecified atom stereocenters. The minimum atomic E-state index is -0.277. The zero-order chi connectivity index (χ0) is 17.5. The third kappa shape index (κ3) is 5.06. The Morgan fingerprint density at radius 2 is 1.88 bits per heavy atom. The van der Waals surface area contributed by atoms with Gasteiger partial charge in [-0.25, -0.2) is 0 Å². The molecule has 0 fully saturated rings. The number of amides is 2. The van der Waals surface area contributed by atoms with E-state index < -0.39 is 0 Å². The third-order valence-electron chi connectivity index (χ3n) is 3.66. The third-order valence-corrected chi connectivity index (χ3v) is 3.97. The van der Waals surface area contributed by atoms with Gasteiger partial charge < -0.3 is 10.6 Å². The monoisotopic (exact) mass is 345 g/mol. The van der Waals surface area contributed by atoms with E-state index in [1.54, 1.807) is 18.3 Å². The molecule has 0 aliphatic carbocycles. The second-order valence-electron chi connectivity index (χ2n) is 5.52. The molecule has 6 heteroatoms. The fourth-order valence-corrected chi connectivity index (χ4v) is 2.42. The second kappa shape index (κ2) is 8.45. The predicted molar refractivity (Wildman–Crippen MR) is 94.0 cm³/mol. The minimum absolute atomic E-state index is 0.146. The lowest BCUT2D eigenvalue weighted by Crippen LogP contribution is -2.30. The summed E-state index contributed by atoms with van der Waals surface area (Å²) in [6.45, 7) is 4.48. The number of rotatable bonds is 6. The number of hydrogen-bond acceptors (Lipinski definition) is 3. The standard InChI is InChI=1S/C18H20ClN3O2/c1-12-9-15(16(19)10-13(12)2)18(24)21-8-6-17(23)22-11-14-5-3-4-7-20-14/h3-5,7,9-10H,6,8,11H2,1-2H3,(H,21,24)(H,22,23). The van der Waals surface area contributed by atoms with E-state index in [2.05, 4.69) is 15.6 Å². The number of aryl methyl sites for hydroxylation is 2. The first-order valence-corrected chi connectivity index (χ1v) is 8.06. The highest BCUT2D eigenvalue weighted by molar-refractivity contribution is 6.34. The first-order chi connectivity index (χ1) is 11.5. The van der Waals surface area contributed by atoms with Gasteiger partial charge in [0, 0.05) is 19.2 Å². The van der Waals surface area contributed by atoms with Crippen molar-refractivity contribution in [2.24, 2.45) is 0 Å². The van der Waals surface area contributed by atoms with Crippen molar-refractivity contribution in [1.29, 1.82) is 0 Å². The van der Waals surface area contributed by atoms with Crippen molar-refractivity contribution in [3.63, 3.8) is 0 Å². The number of nitrogens with one attached hydrogen (secondary N) is 2. The highest BCUT2D eigenvalue weighted by Crippen LogP contribution is 2.20. The van der Waals surface area contributed by atoms with Crippen molar-refractivity contribution in [2.75, 3.05) is 6.54 Å². The van der Waals surface area contributed by atoms with E-state index in [9.17, 15) is 9.59 Å². The molecule has 2 rings (SSSR count). The Labute approximate surface area is 146 Å². The molecular formula is C18H20ClN3O2. The minimum Gasteiger partial charge on any atom is -0.351 e. The van der Waals surface area contributed by atoms with Crippen LogP contribution < -0.4 is 10.6 Å². The van der Waals surface area contributed by atoms with Crippen LogP contribution in [-0.4, -0.2) is 23.3 Å². The molecule has 2 amide bonds. The SMILES string of the molecule is Cc1cc(Cl)c(C(=O)NCCC(=O)NCc2ccccn2)cc1C. The quantitative estimate of drug-likeness (QED) is 0.845. The first-order valence-electron chi connectivity index (χ1n) is 7.69. The zero-order valence-corrected chi connectivity index (χ0v) is 14.5. The lowest BCUT2D eigenvalue weighted by Gasteiger charge is -2.09. The summed E-state index contributed by atoms with van der Waals surface area (Å²) in [7, 11) is 0. The number of carbonyl (C=O) groups is 2. The van der Waals surface area contributed by atoms with Gasteiger partial charge in [0.15, 0.2) is 0 Å². The normalized spacial score (nSPS) is 10.3. The summed E-state index contributed by atoms with van der Waals surface area (Å²) in [5.41, 5.74) is 3.24. The van der Waals surface area contributed by atoms with Crippen LogP contribution in [0.2, 0.25) is 5.02 Å². The van der Waals surface area contributed by atoms with Gasteiger partial charge in [0.05, 0.1) is 22.8 Å². The van der Waals surface area contributed by atoms with Gasteiger partial charge in [0.25, 0.3) is 5.91 Å². The van der Waals surface area contributed by atoms with Crippen LogP contribution in [0.1, 0.15) is 33.6 Å². The average Bonchev–Trinajstić information content (AvgIpc) is 2.57. The highest BCUT2D eigenvalue weighted by atomic mass is 35.5. The van der Waals surface area contributed by atoms with E-state index in [4.69, 9.17) is 11.6 Å². The van der Waals surface area contributed by atoms with E-state index in [0.29, 0.717) is 17.1 Å². The summed E-state index contributed by atoms with van der Waals surface area (Å²) in [6, 6.07) is 9.05. The van der Waals surface area contributed by atoms with Gasteiger partial charge in [0.2, 0.25) is 5.91 Å². The Balaban J connectivity index is 1.78. The molecule has 0 aliphatic heterocycles. The van der Waals surface area contributed by atoms with E-state index >= 15 is 0 Å². The Bertz CT molecular complexity index is 733. The summed E-state index contributed by atoms with van der Waals surface area (Å²) < 4.78 is 0. The number of benzene rings is 1. The van der Waals surface area contributed by atoms with Crippen molar-refractivity contribution >= 4 is 23.4 Å². The lowest BCUT2D eigenvalue weighted by atomic mass is 10.1. The van der Waals surface area contributed by atoms with Gasteiger partial charge in [-0.05, 0) is 49.2 Å². The number of halogens is 1. The van der Waals surface area contributed by atoms with Crippen molar-refractivity contribution in [2.45, 2.75) is 26.8 Å². The predicted octanol–water partition coefficient (Wildman–Crippen LogP) is 2.79. The fraction of sp³-hybridized carbons (Fsp3) is 0.278. The Morgan fingerprint density at radius 1 is 1.12 bits per heavy atom. The molecule has 2 N–H and O–H groups in total. The molecule has 0 saturated heterocycles. The number of aromatic nitrogens is 1. The zero-order valence-electron chi connectivity index (χ0n) is 13.7. The Hall–Kier alpha value is -2.40. The van der Waals surface area contributed by atoms with Crippen LogP contribution in [0.3, 0.4) is 0 Å². The molecule has 1 heterocycles. The van der Waals surface area contributed by atoms with Crippen LogP contribution in [0.4, 0.5) is 0 Å². The van der Waals surface area contributed by atoms with E-state index in [-0.39, 0.29) is 24.8 Å². The van der Waals surface area contributed by atoms with Crippen LogP contribution in [0.25, 0.3) is 0 Å². The van der Waals surface area contributed by atoms with E-state index in [1.807, 2.05) is 32.0 Å². The van der Waals surface area contributed by atoms with Crippen LogP contribution in [-0.2, 0) is 11.3 Å². The molecule has 0 bridgehead atoms.